The third-order valence-corrected chi connectivity index (χ3v) is 3.45. The molecule has 1 N–H and O–H groups in total. The maximum atomic E-state index is 10.9. The average molecular weight is 266 g/mol. The van der Waals surface area contributed by atoms with Crippen LogP contribution in [0.4, 0.5) is 0 Å². The van der Waals surface area contributed by atoms with Gasteiger partial charge in [-0.25, -0.2) is 0 Å². The molecule has 0 aliphatic rings. The van der Waals surface area contributed by atoms with E-state index in [0.717, 1.165) is 23.0 Å². The van der Waals surface area contributed by atoms with Crippen LogP contribution in [-0.2, 0) is 17.8 Å². The number of benzene rings is 1. The predicted molar refractivity (Wildman–Crippen MR) is 73.1 cm³/mol. The Bertz CT molecular complexity index is 589. The highest BCUT2D eigenvalue weighted by molar-refractivity contribution is 6.31. The second-order valence-electron chi connectivity index (χ2n) is 4.55. The molecule has 1 atom stereocenters. The van der Waals surface area contributed by atoms with Crippen LogP contribution in [0.5, 0.6) is 0 Å². The van der Waals surface area contributed by atoms with Crippen LogP contribution in [0.1, 0.15) is 19.4 Å². The minimum Gasteiger partial charge on any atom is -0.481 e. The predicted octanol–water partition coefficient (Wildman–Crippen LogP) is 3.58. The maximum absolute atomic E-state index is 10.9. The van der Waals surface area contributed by atoms with Crippen molar-refractivity contribution in [1.29, 1.82) is 0 Å². The van der Waals surface area contributed by atoms with Crippen molar-refractivity contribution in [1.82, 2.24) is 4.57 Å². The molecule has 1 heterocycles. The van der Waals surface area contributed by atoms with E-state index in [4.69, 9.17) is 16.7 Å². The van der Waals surface area contributed by atoms with Crippen molar-refractivity contribution in [3.8, 4) is 0 Å². The van der Waals surface area contributed by atoms with E-state index in [1.165, 1.54) is 0 Å². The number of carbonyl (C=O) groups is 1. The molecule has 0 aliphatic carbocycles. The first-order chi connectivity index (χ1) is 8.52. The van der Waals surface area contributed by atoms with E-state index < -0.39 is 5.97 Å². The highest BCUT2D eigenvalue weighted by Crippen LogP contribution is 2.26. The monoisotopic (exact) mass is 265 g/mol. The van der Waals surface area contributed by atoms with Crippen LogP contribution in [0.15, 0.2) is 24.4 Å². The Kier molecular flexibility index (Phi) is 3.62. The Labute approximate surface area is 111 Å². The largest absolute Gasteiger partial charge is 0.481 e. The summed E-state index contributed by atoms with van der Waals surface area (Å²) in [5.74, 6) is -1.14. The molecule has 0 radical (unpaired) electrons. The van der Waals surface area contributed by atoms with Crippen molar-refractivity contribution in [2.24, 2.45) is 5.92 Å². The molecule has 1 unspecified atom stereocenters. The lowest BCUT2D eigenvalue weighted by atomic mass is 10.0. The Morgan fingerprint density at radius 2 is 2.22 bits per heavy atom. The maximum Gasteiger partial charge on any atom is 0.306 e. The zero-order valence-electron chi connectivity index (χ0n) is 10.5. The number of nitrogens with zero attached hydrogens (tertiary/aromatic N) is 1. The van der Waals surface area contributed by atoms with Crippen molar-refractivity contribution in [2.45, 2.75) is 26.8 Å². The molecule has 4 heteroatoms. The van der Waals surface area contributed by atoms with Crippen LogP contribution in [0.25, 0.3) is 10.9 Å². The summed E-state index contributed by atoms with van der Waals surface area (Å²) in [5.41, 5.74) is 2.14. The number of aryl methyl sites for hydroxylation is 1. The normalized spacial score (nSPS) is 12.8. The third kappa shape index (κ3) is 2.36. The van der Waals surface area contributed by atoms with Gasteiger partial charge in [0.25, 0.3) is 0 Å². The summed E-state index contributed by atoms with van der Waals surface area (Å²) in [6.45, 7) is 4.64. The van der Waals surface area contributed by atoms with Crippen LogP contribution >= 0.6 is 11.6 Å². The van der Waals surface area contributed by atoms with Crippen molar-refractivity contribution in [2.75, 3.05) is 0 Å². The average Bonchev–Trinajstić information content (AvgIpc) is 2.66. The first-order valence-corrected chi connectivity index (χ1v) is 6.40. The molecule has 0 aliphatic heterocycles. The van der Waals surface area contributed by atoms with Crippen molar-refractivity contribution in [3.05, 3.63) is 35.0 Å². The summed E-state index contributed by atoms with van der Waals surface area (Å²) in [7, 11) is 0. The molecule has 0 amide bonds. The molecule has 1 aromatic carbocycles. The topological polar surface area (TPSA) is 42.2 Å². The highest BCUT2D eigenvalue weighted by Gasteiger charge is 2.15. The number of hydrogen-bond donors (Lipinski definition) is 1. The molecule has 2 rings (SSSR count). The fourth-order valence-electron chi connectivity index (χ4n) is 2.18. The summed E-state index contributed by atoms with van der Waals surface area (Å²) < 4.78 is 2.10. The molecule has 18 heavy (non-hydrogen) atoms. The molecular weight excluding hydrogens is 250 g/mol. The van der Waals surface area contributed by atoms with Crippen molar-refractivity contribution in [3.63, 3.8) is 0 Å². The summed E-state index contributed by atoms with van der Waals surface area (Å²) in [4.78, 5) is 10.9. The van der Waals surface area contributed by atoms with E-state index in [0.29, 0.717) is 11.4 Å². The third-order valence-electron chi connectivity index (χ3n) is 3.22. The molecule has 0 saturated heterocycles. The van der Waals surface area contributed by atoms with E-state index in [9.17, 15) is 4.79 Å². The number of rotatable bonds is 4. The van der Waals surface area contributed by atoms with Gasteiger partial charge in [0.05, 0.1) is 5.92 Å². The number of hydrogen-bond acceptors (Lipinski definition) is 1. The van der Waals surface area contributed by atoms with Gasteiger partial charge in [-0.05, 0) is 31.0 Å². The lowest BCUT2D eigenvalue weighted by molar-refractivity contribution is -0.141. The zero-order valence-corrected chi connectivity index (χ0v) is 11.2. The van der Waals surface area contributed by atoms with Gasteiger partial charge in [0.2, 0.25) is 0 Å². The molecule has 0 fully saturated rings. The number of carboxylic acid groups (broad SMARTS) is 1. The quantitative estimate of drug-likeness (QED) is 0.918. The fourth-order valence-corrected chi connectivity index (χ4v) is 2.35. The van der Waals surface area contributed by atoms with Crippen LogP contribution in [0, 0.1) is 5.92 Å². The van der Waals surface area contributed by atoms with Crippen LogP contribution in [0.3, 0.4) is 0 Å². The van der Waals surface area contributed by atoms with Gasteiger partial charge in [-0.3, -0.25) is 4.79 Å². The Hall–Kier alpha value is -1.48. The molecule has 96 valence electrons. The van der Waals surface area contributed by atoms with Crippen LogP contribution in [-0.4, -0.2) is 15.6 Å². The van der Waals surface area contributed by atoms with E-state index in [-0.39, 0.29) is 5.92 Å². The molecule has 2 aromatic rings. The Morgan fingerprint density at radius 1 is 1.50 bits per heavy atom. The molecule has 3 nitrogen and oxygen atoms in total. The number of aliphatic carboxylic acids is 1. The van der Waals surface area contributed by atoms with Gasteiger partial charge in [0.1, 0.15) is 0 Å². The van der Waals surface area contributed by atoms with Crippen molar-refractivity contribution < 1.29 is 9.90 Å². The molecule has 1 aromatic heterocycles. The Morgan fingerprint density at radius 3 is 2.83 bits per heavy atom. The minimum atomic E-state index is -0.763. The van der Waals surface area contributed by atoms with E-state index in [1.807, 2.05) is 24.4 Å². The standard InChI is InChI=1S/C14H16ClNO2/c1-3-16-8-10(6-9(2)14(17)18)12-5-4-11(15)7-13(12)16/h4-5,7-9H,3,6H2,1-2H3,(H,17,18). The lowest BCUT2D eigenvalue weighted by Crippen LogP contribution is -2.11. The van der Waals surface area contributed by atoms with Crippen molar-refractivity contribution >= 4 is 28.5 Å². The van der Waals surface area contributed by atoms with E-state index >= 15 is 0 Å². The zero-order chi connectivity index (χ0) is 13.3. The molecule has 0 bridgehead atoms. The fraction of sp³-hybridized carbons (Fsp3) is 0.357. The van der Waals surface area contributed by atoms with E-state index in [2.05, 4.69) is 11.5 Å². The first-order valence-electron chi connectivity index (χ1n) is 6.03. The number of halogens is 1. The van der Waals surface area contributed by atoms with Gasteiger partial charge < -0.3 is 9.67 Å². The first kappa shape index (κ1) is 13.0. The smallest absolute Gasteiger partial charge is 0.306 e. The van der Waals surface area contributed by atoms with Gasteiger partial charge in [-0.15, -0.1) is 0 Å². The van der Waals surface area contributed by atoms with Gasteiger partial charge in [-0.2, -0.15) is 0 Å². The van der Waals surface area contributed by atoms with Crippen LogP contribution < -0.4 is 0 Å². The number of fused-ring (bicyclic) bond motifs is 1. The second-order valence-corrected chi connectivity index (χ2v) is 4.98. The second kappa shape index (κ2) is 5.02. The summed E-state index contributed by atoms with van der Waals surface area (Å²) in [5, 5.41) is 10.8. The Balaban J connectivity index is 2.48. The van der Waals surface area contributed by atoms with Crippen LogP contribution in [0.2, 0.25) is 5.02 Å². The summed E-state index contributed by atoms with van der Waals surface area (Å²) >= 11 is 6.01. The molecule has 0 saturated carbocycles. The lowest BCUT2D eigenvalue weighted by Gasteiger charge is -2.04. The number of aromatic nitrogens is 1. The SMILES string of the molecule is CCn1cc(CC(C)C(=O)O)c2ccc(Cl)cc21. The number of carboxylic acids is 1. The summed E-state index contributed by atoms with van der Waals surface area (Å²) in [6.07, 6.45) is 2.57. The molecular formula is C14H16ClNO2. The minimum absolute atomic E-state index is 0.378. The summed E-state index contributed by atoms with van der Waals surface area (Å²) in [6, 6.07) is 5.74. The van der Waals surface area contributed by atoms with Gasteiger partial charge in [0, 0.05) is 28.7 Å². The van der Waals surface area contributed by atoms with Gasteiger partial charge in [0.15, 0.2) is 0 Å². The molecule has 0 spiro atoms. The highest BCUT2D eigenvalue weighted by atomic mass is 35.5. The van der Waals surface area contributed by atoms with Gasteiger partial charge >= 0.3 is 5.97 Å². The van der Waals surface area contributed by atoms with Gasteiger partial charge in [-0.1, -0.05) is 24.6 Å². The van der Waals surface area contributed by atoms with E-state index in [1.54, 1.807) is 6.92 Å².